The lowest BCUT2D eigenvalue weighted by molar-refractivity contribution is -0.126. The SMILES string of the molecule is CCCC(CC)C(NC(=O)C1CCCC1)c1cccc(Cl)c1.NC(=O)c1cccnc1. The van der Waals surface area contributed by atoms with Crippen LogP contribution in [0.5, 0.6) is 0 Å². The number of primary amides is 1. The molecule has 2 atom stereocenters. The number of halogens is 1. The maximum atomic E-state index is 12.6. The number of benzene rings is 1. The molecule has 3 N–H and O–H groups in total. The Morgan fingerprint density at radius 3 is 2.45 bits per heavy atom. The van der Waals surface area contributed by atoms with Gasteiger partial charge < -0.3 is 11.1 Å². The lowest BCUT2D eigenvalue weighted by atomic mass is 9.87. The van der Waals surface area contributed by atoms with Gasteiger partial charge in [-0.15, -0.1) is 0 Å². The van der Waals surface area contributed by atoms with Crippen LogP contribution in [0.1, 0.15) is 80.8 Å². The second-order valence-electron chi connectivity index (χ2n) is 8.09. The highest BCUT2D eigenvalue weighted by molar-refractivity contribution is 6.30. The third-order valence-corrected chi connectivity index (χ3v) is 6.07. The van der Waals surface area contributed by atoms with Gasteiger partial charge >= 0.3 is 0 Å². The number of pyridine rings is 1. The molecule has 0 bridgehead atoms. The van der Waals surface area contributed by atoms with Crippen molar-refractivity contribution in [1.82, 2.24) is 10.3 Å². The molecular formula is C25H34ClN3O2. The quantitative estimate of drug-likeness (QED) is 0.549. The normalized spacial score (nSPS) is 15.5. The second-order valence-corrected chi connectivity index (χ2v) is 8.52. The van der Waals surface area contributed by atoms with Gasteiger partial charge in [-0.25, -0.2) is 0 Å². The highest BCUT2D eigenvalue weighted by Gasteiger charge is 2.28. The molecule has 6 heteroatoms. The predicted molar refractivity (Wildman–Crippen MR) is 126 cm³/mol. The first-order chi connectivity index (χ1) is 15.0. The van der Waals surface area contributed by atoms with E-state index in [4.69, 9.17) is 17.3 Å². The van der Waals surface area contributed by atoms with E-state index in [1.165, 1.54) is 19.0 Å². The van der Waals surface area contributed by atoms with E-state index in [-0.39, 0.29) is 17.9 Å². The number of hydrogen-bond acceptors (Lipinski definition) is 3. The third-order valence-electron chi connectivity index (χ3n) is 5.83. The Balaban J connectivity index is 0.000000316. The van der Waals surface area contributed by atoms with Crippen LogP contribution in [-0.4, -0.2) is 16.8 Å². The number of rotatable bonds is 8. The van der Waals surface area contributed by atoms with Crippen molar-refractivity contribution in [2.24, 2.45) is 17.6 Å². The van der Waals surface area contributed by atoms with Crippen LogP contribution < -0.4 is 11.1 Å². The number of aromatic nitrogens is 1. The Morgan fingerprint density at radius 2 is 1.94 bits per heavy atom. The van der Waals surface area contributed by atoms with Gasteiger partial charge in [-0.3, -0.25) is 14.6 Å². The fourth-order valence-corrected chi connectivity index (χ4v) is 4.32. The summed E-state index contributed by atoms with van der Waals surface area (Å²) in [5.41, 5.74) is 6.52. The zero-order valence-corrected chi connectivity index (χ0v) is 19.3. The topological polar surface area (TPSA) is 85.1 Å². The molecule has 2 unspecified atom stereocenters. The van der Waals surface area contributed by atoms with Crippen LogP contribution >= 0.6 is 11.6 Å². The summed E-state index contributed by atoms with van der Waals surface area (Å²) in [5.74, 6) is 0.467. The summed E-state index contributed by atoms with van der Waals surface area (Å²) in [5, 5.41) is 4.08. The van der Waals surface area contributed by atoms with Crippen LogP contribution in [0.15, 0.2) is 48.8 Å². The Hall–Kier alpha value is -2.40. The standard InChI is InChI=1S/C19H28ClNO.C6H6N2O/c1-3-8-14(4-2)18(16-11-7-12-17(20)13-16)21-19(22)15-9-5-6-10-15;7-6(9)5-2-1-3-8-4-5/h7,11-15,18H,3-6,8-10H2,1-2H3,(H,21,22);1-4H,(H2,7,9). The van der Waals surface area contributed by atoms with Crippen LogP contribution in [-0.2, 0) is 4.79 Å². The molecule has 0 aliphatic heterocycles. The molecule has 0 spiro atoms. The Kier molecular flexibility index (Phi) is 10.5. The smallest absolute Gasteiger partial charge is 0.250 e. The molecule has 168 valence electrons. The van der Waals surface area contributed by atoms with E-state index in [9.17, 15) is 9.59 Å². The molecule has 2 aromatic rings. The predicted octanol–water partition coefficient (Wildman–Crippen LogP) is 5.69. The summed E-state index contributed by atoms with van der Waals surface area (Å²) in [7, 11) is 0. The number of nitrogens with two attached hydrogens (primary N) is 1. The molecule has 2 amide bonds. The molecule has 31 heavy (non-hydrogen) atoms. The molecule has 1 fully saturated rings. The minimum atomic E-state index is -0.442. The van der Waals surface area contributed by atoms with Crippen molar-refractivity contribution in [3.63, 3.8) is 0 Å². The van der Waals surface area contributed by atoms with Crippen molar-refractivity contribution in [3.05, 3.63) is 64.9 Å². The maximum Gasteiger partial charge on any atom is 0.250 e. The van der Waals surface area contributed by atoms with Crippen LogP contribution in [0.4, 0.5) is 0 Å². The van der Waals surface area contributed by atoms with Gasteiger partial charge in [0.25, 0.3) is 0 Å². The van der Waals surface area contributed by atoms with Crippen molar-refractivity contribution in [1.29, 1.82) is 0 Å². The number of carbonyl (C=O) groups is 2. The summed E-state index contributed by atoms with van der Waals surface area (Å²) in [6.07, 6.45) is 10.8. The highest BCUT2D eigenvalue weighted by Crippen LogP contribution is 2.32. The van der Waals surface area contributed by atoms with Gasteiger partial charge in [-0.2, -0.15) is 0 Å². The zero-order valence-electron chi connectivity index (χ0n) is 18.5. The van der Waals surface area contributed by atoms with Crippen molar-refractivity contribution in [2.75, 3.05) is 0 Å². The van der Waals surface area contributed by atoms with E-state index >= 15 is 0 Å². The van der Waals surface area contributed by atoms with Gasteiger partial charge in [0, 0.05) is 23.3 Å². The summed E-state index contributed by atoms with van der Waals surface area (Å²) in [6, 6.07) is 11.3. The van der Waals surface area contributed by atoms with Crippen molar-refractivity contribution in [3.8, 4) is 0 Å². The summed E-state index contributed by atoms with van der Waals surface area (Å²) < 4.78 is 0. The Labute approximate surface area is 190 Å². The molecule has 5 nitrogen and oxygen atoms in total. The maximum absolute atomic E-state index is 12.6. The molecule has 1 aromatic heterocycles. The van der Waals surface area contributed by atoms with Crippen molar-refractivity contribution >= 4 is 23.4 Å². The van der Waals surface area contributed by atoms with E-state index in [0.717, 1.165) is 42.7 Å². The van der Waals surface area contributed by atoms with Crippen LogP contribution in [0.25, 0.3) is 0 Å². The molecular weight excluding hydrogens is 410 g/mol. The summed E-state index contributed by atoms with van der Waals surface area (Å²) >= 11 is 6.16. The molecule has 1 aromatic carbocycles. The minimum Gasteiger partial charge on any atom is -0.366 e. The zero-order chi connectivity index (χ0) is 22.6. The number of hydrogen-bond donors (Lipinski definition) is 2. The molecule has 3 rings (SSSR count). The largest absolute Gasteiger partial charge is 0.366 e. The first kappa shape index (κ1) is 24.9. The van der Waals surface area contributed by atoms with Gasteiger partial charge in [0.15, 0.2) is 0 Å². The van der Waals surface area contributed by atoms with Crippen molar-refractivity contribution in [2.45, 2.75) is 64.8 Å². The first-order valence-corrected chi connectivity index (χ1v) is 11.6. The highest BCUT2D eigenvalue weighted by atomic mass is 35.5. The molecule has 0 radical (unpaired) electrons. The third kappa shape index (κ3) is 7.98. The Morgan fingerprint density at radius 1 is 1.19 bits per heavy atom. The number of nitrogens with one attached hydrogen (secondary N) is 1. The van der Waals surface area contributed by atoms with E-state index in [1.807, 2.05) is 18.2 Å². The second kappa shape index (κ2) is 13.1. The number of carbonyl (C=O) groups excluding carboxylic acids is 2. The molecule has 0 saturated heterocycles. The fourth-order valence-electron chi connectivity index (χ4n) is 4.12. The average Bonchev–Trinajstić information content (AvgIpc) is 3.32. The van der Waals surface area contributed by atoms with Gasteiger partial charge in [-0.05, 0) is 55.0 Å². The lowest BCUT2D eigenvalue weighted by Gasteiger charge is -2.29. The molecule has 1 aliphatic rings. The van der Waals surface area contributed by atoms with Crippen LogP contribution in [0.2, 0.25) is 5.02 Å². The molecule has 1 heterocycles. The number of nitrogens with zero attached hydrogens (tertiary/aromatic N) is 1. The van der Waals surface area contributed by atoms with Crippen LogP contribution in [0.3, 0.4) is 0 Å². The molecule has 1 aliphatic carbocycles. The number of amides is 2. The van der Waals surface area contributed by atoms with Gasteiger partial charge in [-0.1, -0.05) is 63.3 Å². The lowest BCUT2D eigenvalue weighted by Crippen LogP contribution is -2.36. The average molecular weight is 444 g/mol. The Bertz CT molecular complexity index is 823. The van der Waals surface area contributed by atoms with E-state index in [1.54, 1.807) is 18.3 Å². The first-order valence-electron chi connectivity index (χ1n) is 11.2. The fraction of sp³-hybridized carbons (Fsp3) is 0.480. The van der Waals surface area contributed by atoms with Crippen molar-refractivity contribution < 1.29 is 9.59 Å². The van der Waals surface area contributed by atoms with E-state index < -0.39 is 5.91 Å². The van der Waals surface area contributed by atoms with Gasteiger partial charge in [0.1, 0.15) is 0 Å². The molecule has 1 saturated carbocycles. The van der Waals surface area contributed by atoms with E-state index in [2.05, 4.69) is 30.2 Å². The van der Waals surface area contributed by atoms with Gasteiger partial charge in [0.05, 0.1) is 11.6 Å². The monoisotopic (exact) mass is 443 g/mol. The van der Waals surface area contributed by atoms with Crippen LogP contribution in [0, 0.1) is 11.8 Å². The summed E-state index contributed by atoms with van der Waals surface area (Å²) in [4.78, 5) is 26.7. The van der Waals surface area contributed by atoms with Gasteiger partial charge in [0.2, 0.25) is 11.8 Å². The minimum absolute atomic E-state index is 0.0803. The summed E-state index contributed by atoms with van der Waals surface area (Å²) in [6.45, 7) is 4.41. The van der Waals surface area contributed by atoms with E-state index in [0.29, 0.717) is 11.5 Å².